The van der Waals surface area contributed by atoms with E-state index in [4.69, 9.17) is 33.7 Å². The summed E-state index contributed by atoms with van der Waals surface area (Å²) in [4.78, 5) is 45.6. The molecular weight excluding hydrogens is 697 g/mol. The van der Waals surface area contributed by atoms with Crippen LogP contribution in [0.1, 0.15) is 52.8 Å². The second kappa shape index (κ2) is 17.3. The average Bonchev–Trinajstić information content (AvgIpc) is 3.73. The van der Waals surface area contributed by atoms with E-state index in [1.165, 1.54) is 36.0 Å². The third-order valence-corrected chi connectivity index (χ3v) is 9.90. The van der Waals surface area contributed by atoms with Gasteiger partial charge in [0.05, 0.1) is 17.5 Å². The zero-order valence-corrected chi connectivity index (χ0v) is 31.1. The number of nitrogens with two attached hydrogens (primary N) is 1. The fraction of sp³-hybridized carbons (Fsp3) is 0.529. The van der Waals surface area contributed by atoms with Crippen molar-refractivity contribution in [3.05, 3.63) is 54.5 Å². The minimum atomic E-state index is -4.59. The van der Waals surface area contributed by atoms with Gasteiger partial charge in [-0.05, 0) is 44.7 Å². The van der Waals surface area contributed by atoms with E-state index in [2.05, 4.69) is 15.2 Å². The standard InChI is InChI=1S/C34H46N7O10P/c1-21(2)31(42)49-28(26-13-14-27-30(36)37-20-38-41(26)27)29(50-32(43)22(3)4)34(18-35,46-7)19-47-52(45,51-24-11-9-8-10-12-24)39-23(5)33(44)48-25-15-16-40(6)17-25/h8-14,20-23,25,28-29H,15-17,19H2,1-7H3,(H,39,45)(H2,36,37,38)/t23-,25+,28-,29-,34?,52?/m0/s1. The lowest BCUT2D eigenvalue weighted by Crippen LogP contribution is -2.54. The van der Waals surface area contributed by atoms with Gasteiger partial charge in [-0.1, -0.05) is 45.9 Å². The normalized spacial score (nSPS) is 18.9. The summed E-state index contributed by atoms with van der Waals surface area (Å²) < 4.78 is 50.8. The number of nitriles is 1. The lowest BCUT2D eigenvalue weighted by molar-refractivity contribution is -0.197. The van der Waals surface area contributed by atoms with E-state index >= 15 is 0 Å². The number of fused-ring (bicyclic) bond motifs is 1. The molecule has 0 aliphatic carbocycles. The fourth-order valence-electron chi connectivity index (χ4n) is 5.23. The zero-order valence-electron chi connectivity index (χ0n) is 30.3. The zero-order chi connectivity index (χ0) is 38.2. The third-order valence-electron chi connectivity index (χ3n) is 8.27. The molecule has 1 aliphatic heterocycles. The first-order valence-electron chi connectivity index (χ1n) is 16.7. The second-order valence-electron chi connectivity index (χ2n) is 13.1. The summed E-state index contributed by atoms with van der Waals surface area (Å²) in [6, 6.07) is 11.9. The van der Waals surface area contributed by atoms with Crippen molar-refractivity contribution >= 4 is 37.0 Å². The first kappa shape index (κ1) is 40.2. The van der Waals surface area contributed by atoms with Crippen LogP contribution in [-0.4, -0.2) is 95.1 Å². The summed E-state index contributed by atoms with van der Waals surface area (Å²) in [7, 11) is -1.53. The molecule has 1 saturated heterocycles. The number of nitrogens with zero attached hydrogens (tertiary/aromatic N) is 5. The Labute approximate surface area is 302 Å². The van der Waals surface area contributed by atoms with Crippen molar-refractivity contribution in [1.29, 1.82) is 5.26 Å². The Kier molecular flexibility index (Phi) is 13.4. The predicted molar refractivity (Wildman–Crippen MR) is 186 cm³/mol. The molecule has 282 valence electrons. The number of rotatable bonds is 17. The quantitative estimate of drug-likeness (QED) is 0.115. The maximum atomic E-state index is 14.5. The SMILES string of the molecule is COC(C#N)(COP(=O)(N[C@@H](C)C(=O)O[C@@H]1CCN(C)C1)Oc1ccccc1)[C@@H](OC(=O)C(C)C)[C@@H](OC(=O)C(C)C)c1ccc2c(N)ncnn12. The summed E-state index contributed by atoms with van der Waals surface area (Å²) in [5.74, 6) is -3.34. The van der Waals surface area contributed by atoms with Crippen molar-refractivity contribution in [2.45, 2.75) is 71.0 Å². The van der Waals surface area contributed by atoms with E-state index in [0.717, 1.165) is 13.7 Å². The molecule has 0 spiro atoms. The van der Waals surface area contributed by atoms with Crippen LogP contribution in [0.25, 0.3) is 5.52 Å². The molecule has 52 heavy (non-hydrogen) atoms. The van der Waals surface area contributed by atoms with E-state index in [1.807, 2.05) is 18.0 Å². The number of aromatic nitrogens is 3. The fourth-order valence-corrected chi connectivity index (χ4v) is 6.75. The lowest BCUT2D eigenvalue weighted by atomic mass is 9.92. The van der Waals surface area contributed by atoms with Crippen molar-refractivity contribution in [1.82, 2.24) is 24.6 Å². The molecule has 2 aromatic heterocycles. The first-order chi connectivity index (χ1) is 24.6. The average molecular weight is 744 g/mol. The van der Waals surface area contributed by atoms with Gasteiger partial charge in [-0.2, -0.15) is 15.4 Å². The molecule has 17 nitrogen and oxygen atoms in total. The largest absolute Gasteiger partial charge is 0.460 e. The van der Waals surface area contributed by atoms with Crippen molar-refractivity contribution in [3.63, 3.8) is 0 Å². The molecule has 4 rings (SSSR count). The van der Waals surface area contributed by atoms with E-state index in [9.17, 15) is 24.2 Å². The van der Waals surface area contributed by atoms with Crippen LogP contribution in [0.5, 0.6) is 5.75 Å². The molecule has 0 radical (unpaired) electrons. The number of nitrogen functional groups attached to an aromatic ring is 1. The number of likely N-dealkylation sites (tertiary alicyclic amines) is 1. The molecule has 0 saturated carbocycles. The van der Waals surface area contributed by atoms with Crippen molar-refractivity contribution < 1.29 is 46.9 Å². The van der Waals surface area contributed by atoms with Gasteiger partial charge in [0, 0.05) is 20.2 Å². The Bertz CT molecular complexity index is 1800. The highest BCUT2D eigenvalue weighted by molar-refractivity contribution is 7.52. The molecule has 0 amide bonds. The van der Waals surface area contributed by atoms with Gasteiger partial charge in [-0.3, -0.25) is 18.9 Å². The van der Waals surface area contributed by atoms with Gasteiger partial charge < -0.3 is 34.1 Å². The maximum Gasteiger partial charge on any atom is 0.459 e. The molecule has 3 aromatic rings. The van der Waals surface area contributed by atoms with E-state index in [0.29, 0.717) is 18.5 Å². The number of carbonyl (C=O) groups is 3. The molecule has 3 N–H and O–H groups in total. The van der Waals surface area contributed by atoms with Crippen LogP contribution in [0.15, 0.2) is 48.8 Å². The summed E-state index contributed by atoms with van der Waals surface area (Å²) in [5, 5.41) is 17.7. The highest BCUT2D eigenvalue weighted by atomic mass is 31.2. The molecule has 6 atom stereocenters. The van der Waals surface area contributed by atoms with Crippen LogP contribution in [0.3, 0.4) is 0 Å². The van der Waals surface area contributed by atoms with E-state index < -0.39 is 67.9 Å². The molecule has 3 heterocycles. The Morgan fingerprint density at radius 1 is 1.06 bits per heavy atom. The van der Waals surface area contributed by atoms with Crippen molar-refractivity contribution in [2.75, 3.05) is 39.6 Å². The molecule has 18 heteroatoms. The van der Waals surface area contributed by atoms with Crippen molar-refractivity contribution in [2.24, 2.45) is 11.8 Å². The van der Waals surface area contributed by atoms with E-state index in [-0.39, 0.29) is 23.4 Å². The van der Waals surface area contributed by atoms with Gasteiger partial charge in [-0.15, -0.1) is 0 Å². The number of hydrogen-bond acceptors (Lipinski definition) is 15. The van der Waals surface area contributed by atoms with Gasteiger partial charge in [0.15, 0.2) is 18.0 Å². The van der Waals surface area contributed by atoms with E-state index in [1.54, 1.807) is 52.0 Å². The monoisotopic (exact) mass is 743 g/mol. The summed E-state index contributed by atoms with van der Waals surface area (Å²) in [6.07, 6.45) is -1.86. The van der Waals surface area contributed by atoms with Crippen LogP contribution >= 0.6 is 7.75 Å². The number of ether oxygens (including phenoxy) is 4. The van der Waals surface area contributed by atoms with Crippen molar-refractivity contribution in [3.8, 4) is 11.8 Å². The second-order valence-corrected chi connectivity index (χ2v) is 14.8. The Morgan fingerprint density at radius 3 is 2.33 bits per heavy atom. The van der Waals surface area contributed by atoms with Crippen LogP contribution in [0, 0.1) is 23.2 Å². The number of hydrogen-bond donors (Lipinski definition) is 2. The van der Waals surface area contributed by atoms with Crippen LogP contribution in [-0.2, 0) is 42.4 Å². The third kappa shape index (κ3) is 9.64. The molecular formula is C34H46N7O10P. The number of methoxy groups -OCH3 is 1. The number of anilines is 1. The molecule has 1 aromatic carbocycles. The number of esters is 3. The van der Waals surface area contributed by atoms with Gasteiger partial charge in [0.2, 0.25) is 5.60 Å². The number of likely N-dealkylation sites (N-methyl/N-ethyl adjacent to an activating group) is 1. The number of benzene rings is 1. The lowest BCUT2D eigenvalue weighted by Gasteiger charge is -2.38. The van der Waals surface area contributed by atoms with Gasteiger partial charge in [0.25, 0.3) is 0 Å². The minimum Gasteiger partial charge on any atom is -0.460 e. The topological polar surface area (TPSA) is 219 Å². The van der Waals surface area contributed by atoms with Crippen LogP contribution < -0.4 is 15.3 Å². The Balaban J connectivity index is 1.76. The van der Waals surface area contributed by atoms with Crippen LogP contribution in [0.4, 0.5) is 5.82 Å². The first-order valence-corrected chi connectivity index (χ1v) is 18.3. The molecule has 1 fully saturated rings. The molecule has 2 unspecified atom stereocenters. The Morgan fingerprint density at radius 2 is 1.73 bits per heavy atom. The number of para-hydroxylation sites is 1. The van der Waals surface area contributed by atoms with Gasteiger partial charge >= 0.3 is 25.7 Å². The minimum absolute atomic E-state index is 0.102. The van der Waals surface area contributed by atoms with Gasteiger partial charge in [0.1, 0.15) is 42.4 Å². The number of nitrogens with one attached hydrogen (secondary N) is 1. The number of carbonyl (C=O) groups excluding carboxylic acids is 3. The highest BCUT2D eigenvalue weighted by Gasteiger charge is 2.53. The Hall–Kier alpha value is -4.59. The summed E-state index contributed by atoms with van der Waals surface area (Å²) >= 11 is 0. The molecule has 0 bridgehead atoms. The summed E-state index contributed by atoms with van der Waals surface area (Å²) in [5.41, 5.74) is 4.23. The molecule has 1 aliphatic rings. The maximum absolute atomic E-state index is 14.5. The predicted octanol–water partition coefficient (Wildman–Crippen LogP) is 3.46. The van der Waals surface area contributed by atoms with Crippen LogP contribution in [0.2, 0.25) is 0 Å². The van der Waals surface area contributed by atoms with Gasteiger partial charge in [-0.25, -0.2) is 14.1 Å². The highest BCUT2D eigenvalue weighted by Crippen LogP contribution is 2.47. The smallest absolute Gasteiger partial charge is 0.459 e. The summed E-state index contributed by atoms with van der Waals surface area (Å²) in [6.45, 7) is 8.17.